The summed E-state index contributed by atoms with van der Waals surface area (Å²) < 4.78 is 25.3. The second-order valence-corrected chi connectivity index (χ2v) is 8.40. The highest BCUT2D eigenvalue weighted by atomic mass is 19.1. The maximum Gasteiger partial charge on any atom is 0.338 e. The van der Waals surface area contributed by atoms with Gasteiger partial charge in [0.25, 0.3) is 0 Å². The second-order valence-electron chi connectivity index (χ2n) is 8.40. The summed E-state index contributed by atoms with van der Waals surface area (Å²) in [6, 6.07) is 14.8. The van der Waals surface area contributed by atoms with Gasteiger partial charge in [0.1, 0.15) is 11.9 Å². The molecule has 2 aromatic rings. The number of aryl methyl sites for hydroxylation is 1. The van der Waals surface area contributed by atoms with E-state index in [1.165, 1.54) is 0 Å². The van der Waals surface area contributed by atoms with Crippen molar-refractivity contribution in [1.29, 1.82) is 0 Å². The third-order valence-corrected chi connectivity index (χ3v) is 5.46. The number of hydrogen-bond acceptors (Lipinski definition) is 4. The molecule has 3 rings (SSSR count). The molecule has 0 saturated heterocycles. The molecule has 0 spiro atoms. The van der Waals surface area contributed by atoms with Crippen molar-refractivity contribution in [2.24, 2.45) is 0 Å². The van der Waals surface area contributed by atoms with Gasteiger partial charge in [-0.25, -0.2) is 14.0 Å². The first-order chi connectivity index (χ1) is 16.2. The van der Waals surface area contributed by atoms with Crippen LogP contribution in [0.3, 0.4) is 0 Å². The fraction of sp³-hybridized carbons (Fsp3) is 0.241. The number of hydrogen-bond donors (Lipinski definition) is 0. The number of carbonyl (C=O) groups excluding carboxylic acids is 2. The van der Waals surface area contributed by atoms with Gasteiger partial charge >= 0.3 is 11.9 Å². The maximum absolute atomic E-state index is 15.0. The van der Waals surface area contributed by atoms with Crippen LogP contribution < -0.4 is 4.74 Å². The molecule has 0 aliphatic heterocycles. The molecule has 1 atom stereocenters. The average molecular weight is 461 g/mol. The molecule has 2 aromatic carbocycles. The van der Waals surface area contributed by atoms with Gasteiger partial charge in [-0.15, -0.1) is 0 Å². The lowest BCUT2D eigenvalue weighted by molar-refractivity contribution is -0.139. The maximum atomic E-state index is 15.0. The molecule has 34 heavy (non-hydrogen) atoms. The zero-order valence-electron chi connectivity index (χ0n) is 19.6. The highest BCUT2D eigenvalue weighted by Crippen LogP contribution is 2.34. The van der Waals surface area contributed by atoms with E-state index >= 15 is 4.39 Å². The summed E-state index contributed by atoms with van der Waals surface area (Å²) in [5.41, 5.74) is 5.12. The van der Waals surface area contributed by atoms with Gasteiger partial charge in [0.05, 0.1) is 6.61 Å². The molecule has 0 N–H and O–H groups in total. The molecule has 0 fully saturated rings. The topological polar surface area (TPSA) is 52.6 Å². The number of ether oxygens (including phenoxy) is 2. The Kier molecular flexibility index (Phi) is 8.36. The van der Waals surface area contributed by atoms with Gasteiger partial charge in [0.15, 0.2) is 0 Å². The van der Waals surface area contributed by atoms with Crippen LogP contribution in [0.5, 0.6) is 5.75 Å². The van der Waals surface area contributed by atoms with Crippen LogP contribution in [0.2, 0.25) is 0 Å². The van der Waals surface area contributed by atoms with Crippen molar-refractivity contribution in [3.8, 4) is 5.75 Å². The predicted octanol–water partition coefficient (Wildman–Crippen LogP) is 6.43. The Morgan fingerprint density at radius 1 is 0.912 bits per heavy atom. The Morgan fingerprint density at radius 2 is 1.53 bits per heavy atom. The van der Waals surface area contributed by atoms with Gasteiger partial charge in [0, 0.05) is 17.6 Å². The molecule has 1 aliphatic rings. The molecule has 1 unspecified atom stereocenters. The number of rotatable bonds is 9. The van der Waals surface area contributed by atoms with Crippen molar-refractivity contribution in [1.82, 2.24) is 0 Å². The molecular weight excluding hydrogens is 431 g/mol. The van der Waals surface area contributed by atoms with E-state index in [4.69, 9.17) is 9.47 Å². The molecule has 4 nitrogen and oxygen atoms in total. The Morgan fingerprint density at radius 3 is 2.12 bits per heavy atom. The number of alkyl halides is 1. The Labute approximate surface area is 200 Å². The Bertz CT molecular complexity index is 1140. The molecular formula is C29H29FO4. The molecule has 0 bridgehead atoms. The van der Waals surface area contributed by atoms with Gasteiger partial charge in [-0.3, -0.25) is 0 Å². The van der Waals surface area contributed by atoms with E-state index in [1.807, 2.05) is 36.4 Å². The van der Waals surface area contributed by atoms with E-state index in [0.29, 0.717) is 29.1 Å². The SMILES string of the molecule is C=C(C)C(=O)OCCCc1ccc(C2=CC=C(c3ccc(OC(=O)C(=C)C)cc3)C(F)C2)cc1. The van der Waals surface area contributed by atoms with Crippen LogP contribution in [-0.2, 0) is 20.7 Å². The summed E-state index contributed by atoms with van der Waals surface area (Å²) in [5, 5.41) is 0. The lowest BCUT2D eigenvalue weighted by atomic mass is 9.88. The first-order valence-corrected chi connectivity index (χ1v) is 11.2. The zero-order valence-corrected chi connectivity index (χ0v) is 19.6. The summed E-state index contributed by atoms with van der Waals surface area (Å²) >= 11 is 0. The number of halogens is 1. The van der Waals surface area contributed by atoms with Crippen molar-refractivity contribution in [3.63, 3.8) is 0 Å². The van der Waals surface area contributed by atoms with Crippen LogP contribution in [0.15, 0.2) is 85.0 Å². The summed E-state index contributed by atoms with van der Waals surface area (Å²) in [7, 11) is 0. The quantitative estimate of drug-likeness (QED) is 0.187. The van der Waals surface area contributed by atoms with E-state index in [9.17, 15) is 9.59 Å². The number of carbonyl (C=O) groups is 2. The molecule has 0 saturated carbocycles. The normalized spacial score (nSPS) is 15.1. The van der Waals surface area contributed by atoms with Crippen molar-refractivity contribution in [2.75, 3.05) is 6.61 Å². The van der Waals surface area contributed by atoms with Crippen LogP contribution in [0, 0.1) is 0 Å². The van der Waals surface area contributed by atoms with E-state index in [0.717, 1.165) is 35.1 Å². The highest BCUT2D eigenvalue weighted by molar-refractivity contribution is 5.89. The lowest BCUT2D eigenvalue weighted by Crippen LogP contribution is -2.10. The molecule has 5 heteroatoms. The Hall–Kier alpha value is -3.73. The smallest absolute Gasteiger partial charge is 0.338 e. The van der Waals surface area contributed by atoms with E-state index < -0.39 is 12.1 Å². The average Bonchev–Trinajstić information content (AvgIpc) is 2.82. The van der Waals surface area contributed by atoms with Crippen molar-refractivity contribution < 1.29 is 23.5 Å². The van der Waals surface area contributed by atoms with Gasteiger partial charge < -0.3 is 9.47 Å². The van der Waals surface area contributed by atoms with Crippen molar-refractivity contribution in [2.45, 2.75) is 39.3 Å². The van der Waals surface area contributed by atoms with Gasteiger partial charge in [-0.1, -0.05) is 61.7 Å². The lowest BCUT2D eigenvalue weighted by Gasteiger charge is -2.20. The summed E-state index contributed by atoms with van der Waals surface area (Å²) in [4.78, 5) is 23.0. The number of esters is 2. The summed E-state index contributed by atoms with van der Waals surface area (Å²) in [5.74, 6) is -0.457. The van der Waals surface area contributed by atoms with Crippen LogP contribution in [0.4, 0.5) is 4.39 Å². The van der Waals surface area contributed by atoms with E-state index in [1.54, 1.807) is 38.1 Å². The monoisotopic (exact) mass is 460 g/mol. The second kappa shape index (κ2) is 11.4. The molecule has 0 heterocycles. The molecule has 176 valence electrons. The summed E-state index contributed by atoms with van der Waals surface area (Å²) in [6.45, 7) is 10.7. The first-order valence-electron chi connectivity index (χ1n) is 11.2. The minimum absolute atomic E-state index is 0.286. The molecule has 0 aromatic heterocycles. The van der Waals surface area contributed by atoms with E-state index in [2.05, 4.69) is 13.2 Å². The zero-order chi connectivity index (χ0) is 24.7. The van der Waals surface area contributed by atoms with Crippen molar-refractivity contribution in [3.05, 3.63) is 102 Å². The first kappa shape index (κ1) is 24.9. The van der Waals surface area contributed by atoms with Crippen LogP contribution in [0.25, 0.3) is 11.1 Å². The molecule has 0 radical (unpaired) electrons. The largest absolute Gasteiger partial charge is 0.462 e. The van der Waals surface area contributed by atoms with E-state index in [-0.39, 0.29) is 12.4 Å². The Balaban J connectivity index is 1.61. The van der Waals surface area contributed by atoms with Gasteiger partial charge in [-0.05, 0) is 66.7 Å². The standard InChI is InChI=1S/C29H29FO4/c1-19(2)28(31)33-17-5-6-21-7-9-22(10-8-21)24-13-16-26(27(30)18-24)23-11-14-25(15-12-23)34-29(32)20(3)4/h7-16,27H,1,3,5-6,17-18H2,2,4H3. The van der Waals surface area contributed by atoms with Gasteiger partial charge in [-0.2, -0.15) is 0 Å². The van der Waals surface area contributed by atoms with Gasteiger partial charge in [0.2, 0.25) is 0 Å². The summed E-state index contributed by atoms with van der Waals surface area (Å²) in [6.07, 6.45) is 4.43. The predicted molar refractivity (Wildman–Crippen MR) is 133 cm³/mol. The minimum Gasteiger partial charge on any atom is -0.462 e. The van der Waals surface area contributed by atoms with Crippen LogP contribution >= 0.6 is 0 Å². The molecule has 0 amide bonds. The fourth-order valence-corrected chi connectivity index (χ4v) is 3.52. The highest BCUT2D eigenvalue weighted by Gasteiger charge is 2.21. The van der Waals surface area contributed by atoms with Crippen LogP contribution in [-0.4, -0.2) is 24.7 Å². The third kappa shape index (κ3) is 6.64. The molecule has 1 aliphatic carbocycles. The van der Waals surface area contributed by atoms with Crippen molar-refractivity contribution >= 4 is 23.1 Å². The third-order valence-electron chi connectivity index (χ3n) is 5.46. The fourth-order valence-electron chi connectivity index (χ4n) is 3.52. The minimum atomic E-state index is -1.13. The number of benzene rings is 2. The van der Waals surface area contributed by atoms with Crippen LogP contribution in [0.1, 0.15) is 43.4 Å². The number of allylic oxidation sites excluding steroid dienone is 4.